The van der Waals surface area contributed by atoms with Gasteiger partial charge in [-0.2, -0.15) is 0 Å². The summed E-state index contributed by atoms with van der Waals surface area (Å²) < 4.78 is 5.04. The Morgan fingerprint density at radius 3 is 2.52 bits per heavy atom. The van der Waals surface area contributed by atoms with Crippen LogP contribution in [0.1, 0.15) is 0 Å². The van der Waals surface area contributed by atoms with Gasteiger partial charge in [0.2, 0.25) is 11.7 Å². The first-order chi connectivity index (χ1) is 11.8. The third-order valence-electron chi connectivity index (χ3n) is 3.19. The van der Waals surface area contributed by atoms with Crippen molar-refractivity contribution in [2.24, 2.45) is 10.2 Å². The van der Waals surface area contributed by atoms with Crippen LogP contribution in [0.15, 0.2) is 22.1 Å². The van der Waals surface area contributed by atoms with Crippen molar-refractivity contribution >= 4 is 11.9 Å². The lowest BCUT2D eigenvalue weighted by Gasteiger charge is -2.38. The summed E-state index contributed by atoms with van der Waals surface area (Å²) in [6.07, 6.45) is -5.83. The standard InChI is InChI=1S/C11H15N7O7/c12-17-14-2-5(20)9(22)10-8(16-7(21)3-15-18-13)4(19)1-6(25-10)11(23)24/h1,4-5,8-10,19-20,22H,2-3H2,(H,16,21)(H,23,24)/t4-,5+,8+,9+,10+/m0/s1. The van der Waals surface area contributed by atoms with Gasteiger partial charge in [-0.1, -0.05) is 10.2 Å². The van der Waals surface area contributed by atoms with Crippen LogP contribution in [0.5, 0.6) is 0 Å². The number of carboxylic acid groups (broad SMARTS) is 1. The van der Waals surface area contributed by atoms with Crippen molar-refractivity contribution in [2.75, 3.05) is 13.1 Å². The fourth-order valence-corrected chi connectivity index (χ4v) is 2.06. The van der Waals surface area contributed by atoms with Gasteiger partial charge in [-0.3, -0.25) is 4.79 Å². The Bertz CT molecular complexity index is 641. The van der Waals surface area contributed by atoms with Crippen LogP contribution in [0.2, 0.25) is 0 Å². The summed E-state index contributed by atoms with van der Waals surface area (Å²) in [7, 11) is 0. The molecule has 0 spiro atoms. The lowest BCUT2D eigenvalue weighted by molar-refractivity contribution is -0.147. The molecule has 0 aliphatic carbocycles. The number of carboxylic acids is 1. The van der Waals surface area contributed by atoms with Crippen LogP contribution in [-0.2, 0) is 14.3 Å². The van der Waals surface area contributed by atoms with Gasteiger partial charge in [-0.25, -0.2) is 4.79 Å². The molecule has 0 saturated heterocycles. The third kappa shape index (κ3) is 5.53. The number of nitrogens with zero attached hydrogens (tertiary/aromatic N) is 6. The quantitative estimate of drug-likeness (QED) is 0.196. The largest absolute Gasteiger partial charge is 0.478 e. The molecule has 1 heterocycles. The maximum Gasteiger partial charge on any atom is 0.370 e. The molecule has 5 atom stereocenters. The van der Waals surface area contributed by atoms with Crippen LogP contribution in [0, 0.1) is 0 Å². The molecule has 0 saturated carbocycles. The van der Waals surface area contributed by atoms with E-state index < -0.39 is 61.2 Å². The fraction of sp³-hybridized carbons (Fsp3) is 0.636. The Morgan fingerprint density at radius 2 is 1.96 bits per heavy atom. The average molecular weight is 357 g/mol. The number of hydrogen-bond acceptors (Lipinski definition) is 8. The van der Waals surface area contributed by atoms with Gasteiger partial charge in [-0.15, -0.1) is 0 Å². The number of rotatable bonds is 8. The lowest BCUT2D eigenvalue weighted by Crippen LogP contribution is -2.60. The number of ether oxygens (including phenoxy) is 1. The Kier molecular flexibility index (Phi) is 7.46. The minimum Gasteiger partial charge on any atom is -0.478 e. The molecule has 5 N–H and O–H groups in total. The summed E-state index contributed by atoms with van der Waals surface area (Å²) in [5, 5.41) is 47.2. The van der Waals surface area contributed by atoms with Gasteiger partial charge in [-0.05, 0) is 17.1 Å². The molecule has 14 heteroatoms. The van der Waals surface area contributed by atoms with Crippen molar-refractivity contribution in [1.29, 1.82) is 0 Å². The molecule has 136 valence electrons. The Balaban J connectivity index is 3.05. The van der Waals surface area contributed by atoms with E-state index in [0.717, 1.165) is 6.08 Å². The highest BCUT2D eigenvalue weighted by atomic mass is 16.5. The van der Waals surface area contributed by atoms with Gasteiger partial charge in [0.05, 0.1) is 18.7 Å². The third-order valence-corrected chi connectivity index (χ3v) is 3.19. The van der Waals surface area contributed by atoms with E-state index in [1.165, 1.54) is 0 Å². The zero-order valence-corrected chi connectivity index (χ0v) is 12.6. The molecule has 0 aromatic heterocycles. The zero-order chi connectivity index (χ0) is 19.0. The maximum atomic E-state index is 11.7. The Labute approximate surface area is 139 Å². The van der Waals surface area contributed by atoms with E-state index >= 15 is 0 Å². The van der Waals surface area contributed by atoms with Crippen molar-refractivity contribution < 1.29 is 34.8 Å². The second-order valence-electron chi connectivity index (χ2n) is 4.86. The van der Waals surface area contributed by atoms with Gasteiger partial charge in [0.25, 0.3) is 0 Å². The molecule has 0 radical (unpaired) electrons. The SMILES string of the molecule is [N-]=[N+]=NCC(=O)N[C@H]1[C@H]([C@H](O)[C@H](O)CN=[N+]=[N-])OC(C(=O)O)=C[C@@H]1O. The van der Waals surface area contributed by atoms with E-state index in [0.29, 0.717) is 0 Å². The van der Waals surface area contributed by atoms with E-state index in [1.54, 1.807) is 0 Å². The van der Waals surface area contributed by atoms with Crippen molar-refractivity contribution in [1.82, 2.24) is 5.32 Å². The summed E-state index contributed by atoms with van der Waals surface area (Å²) in [5.41, 5.74) is 16.4. The van der Waals surface area contributed by atoms with Gasteiger partial charge in [0, 0.05) is 9.82 Å². The first kappa shape index (κ1) is 20.0. The second kappa shape index (κ2) is 9.32. The Hall–Kier alpha value is -3.02. The molecular weight excluding hydrogens is 342 g/mol. The van der Waals surface area contributed by atoms with E-state index in [4.69, 9.17) is 20.9 Å². The first-order valence-electron chi connectivity index (χ1n) is 6.78. The highest BCUT2D eigenvalue weighted by molar-refractivity contribution is 5.85. The van der Waals surface area contributed by atoms with E-state index in [1.807, 2.05) is 0 Å². The Morgan fingerprint density at radius 1 is 1.32 bits per heavy atom. The number of hydrogen-bond donors (Lipinski definition) is 5. The van der Waals surface area contributed by atoms with Gasteiger partial charge < -0.3 is 30.5 Å². The van der Waals surface area contributed by atoms with Crippen molar-refractivity contribution in [3.8, 4) is 0 Å². The molecule has 0 unspecified atom stereocenters. The predicted molar refractivity (Wildman–Crippen MR) is 78.6 cm³/mol. The predicted octanol–water partition coefficient (Wildman–Crippen LogP) is -1.46. The van der Waals surface area contributed by atoms with E-state index in [2.05, 4.69) is 25.4 Å². The van der Waals surface area contributed by atoms with Crippen LogP contribution >= 0.6 is 0 Å². The molecule has 0 aromatic rings. The molecule has 0 aromatic carbocycles. The minimum atomic E-state index is -1.81. The number of aliphatic carboxylic acids is 1. The number of azide groups is 2. The van der Waals surface area contributed by atoms with Crippen molar-refractivity contribution in [3.63, 3.8) is 0 Å². The number of carbonyl (C=O) groups excluding carboxylic acids is 1. The molecule has 1 amide bonds. The topological polar surface area (TPSA) is 234 Å². The van der Waals surface area contributed by atoms with Crippen LogP contribution < -0.4 is 5.32 Å². The summed E-state index contributed by atoms with van der Waals surface area (Å²) in [6.45, 7) is -1.17. The summed E-state index contributed by atoms with van der Waals surface area (Å²) in [4.78, 5) is 27.5. The number of carbonyl (C=O) groups is 2. The highest BCUT2D eigenvalue weighted by Gasteiger charge is 2.43. The molecule has 0 fully saturated rings. The minimum absolute atomic E-state index is 0.556. The van der Waals surface area contributed by atoms with Crippen molar-refractivity contribution in [2.45, 2.75) is 30.5 Å². The number of nitrogens with one attached hydrogen (secondary N) is 1. The molecule has 14 nitrogen and oxygen atoms in total. The molecular formula is C11H15N7O7. The summed E-state index contributed by atoms with van der Waals surface area (Å²) >= 11 is 0. The smallest absolute Gasteiger partial charge is 0.370 e. The molecule has 1 aliphatic heterocycles. The lowest BCUT2D eigenvalue weighted by atomic mass is 9.93. The normalized spacial score (nSPS) is 24.4. The van der Waals surface area contributed by atoms with Crippen LogP contribution in [0.3, 0.4) is 0 Å². The van der Waals surface area contributed by atoms with Gasteiger partial charge >= 0.3 is 5.97 Å². The van der Waals surface area contributed by atoms with Crippen LogP contribution in [-0.4, -0.2) is 75.8 Å². The maximum absolute atomic E-state index is 11.7. The second-order valence-corrected chi connectivity index (χ2v) is 4.86. The van der Waals surface area contributed by atoms with E-state index in [9.17, 15) is 24.9 Å². The fourth-order valence-electron chi connectivity index (χ4n) is 2.06. The average Bonchev–Trinajstić information content (AvgIpc) is 2.58. The molecule has 1 rings (SSSR count). The highest BCUT2D eigenvalue weighted by Crippen LogP contribution is 2.23. The number of aliphatic hydroxyl groups excluding tert-OH is 3. The summed E-state index contributed by atoms with van der Waals surface area (Å²) in [6, 6.07) is -1.36. The van der Waals surface area contributed by atoms with Gasteiger partial charge in [0.1, 0.15) is 18.8 Å². The zero-order valence-electron chi connectivity index (χ0n) is 12.6. The van der Waals surface area contributed by atoms with Crippen LogP contribution in [0.4, 0.5) is 0 Å². The number of amides is 1. The van der Waals surface area contributed by atoms with Crippen LogP contribution in [0.25, 0.3) is 20.9 Å². The summed E-state index contributed by atoms with van der Waals surface area (Å²) in [5.74, 6) is -3.08. The van der Waals surface area contributed by atoms with E-state index in [-0.39, 0.29) is 0 Å². The van der Waals surface area contributed by atoms with Crippen molar-refractivity contribution in [3.05, 3.63) is 32.7 Å². The van der Waals surface area contributed by atoms with Gasteiger partial charge in [0.15, 0.2) is 6.10 Å². The molecule has 0 bridgehead atoms. The molecule has 25 heavy (non-hydrogen) atoms. The molecule has 1 aliphatic rings. The number of aliphatic hydroxyl groups is 3. The first-order valence-corrected chi connectivity index (χ1v) is 6.78. The monoisotopic (exact) mass is 357 g/mol.